The summed E-state index contributed by atoms with van der Waals surface area (Å²) in [5.74, 6) is -1.17. The molecule has 0 saturated carbocycles. The monoisotopic (exact) mass is 253 g/mol. The van der Waals surface area contributed by atoms with Crippen LogP contribution in [0.4, 0.5) is 0 Å². The lowest BCUT2D eigenvalue weighted by Gasteiger charge is -2.46. The molecule has 0 spiro atoms. The number of amides is 1. The molecule has 1 amide bonds. The quantitative estimate of drug-likeness (QED) is 0.798. The van der Waals surface area contributed by atoms with Crippen molar-refractivity contribution in [2.75, 3.05) is 19.7 Å². The fourth-order valence-electron chi connectivity index (χ4n) is 1.92. The first-order valence-corrected chi connectivity index (χ1v) is 5.54. The molecule has 0 aliphatic carbocycles. The minimum absolute atomic E-state index is 0.160. The third-order valence-electron chi connectivity index (χ3n) is 2.81. The second-order valence-corrected chi connectivity index (χ2v) is 4.67. The Kier molecular flexibility index (Phi) is 3.08. The highest BCUT2D eigenvalue weighted by Gasteiger charge is 2.43. The number of hydrogen-bond donors (Lipinski definition) is 1. The number of nitrogens with zero attached hydrogens (tertiary/aromatic N) is 3. The van der Waals surface area contributed by atoms with Crippen LogP contribution in [0.1, 0.15) is 17.4 Å². The summed E-state index contributed by atoms with van der Waals surface area (Å²) in [7, 11) is 1.74. The van der Waals surface area contributed by atoms with Gasteiger partial charge in [-0.1, -0.05) is 0 Å². The van der Waals surface area contributed by atoms with Crippen molar-refractivity contribution in [3.8, 4) is 0 Å². The number of aromatic nitrogens is 2. The van der Waals surface area contributed by atoms with Crippen LogP contribution in [0.3, 0.4) is 0 Å². The first kappa shape index (κ1) is 12.6. The van der Waals surface area contributed by atoms with Crippen molar-refractivity contribution in [3.05, 3.63) is 18.0 Å². The van der Waals surface area contributed by atoms with Crippen LogP contribution in [0.2, 0.25) is 0 Å². The zero-order valence-corrected chi connectivity index (χ0v) is 10.3. The van der Waals surface area contributed by atoms with Crippen LogP contribution in [-0.2, 0) is 16.6 Å². The highest BCUT2D eigenvalue weighted by Crippen LogP contribution is 2.25. The Morgan fingerprint density at radius 3 is 2.72 bits per heavy atom. The van der Waals surface area contributed by atoms with Crippen LogP contribution in [0.15, 0.2) is 12.3 Å². The number of carboxylic acid groups (broad SMARTS) is 1. The number of rotatable bonds is 4. The molecule has 0 aromatic carbocycles. The van der Waals surface area contributed by atoms with Gasteiger partial charge in [-0.25, -0.2) is 4.79 Å². The lowest BCUT2D eigenvalue weighted by molar-refractivity contribution is -0.159. The van der Waals surface area contributed by atoms with E-state index in [1.54, 1.807) is 35.8 Å². The summed E-state index contributed by atoms with van der Waals surface area (Å²) in [6, 6.07) is 1.65. The molecule has 2 heterocycles. The Hall–Kier alpha value is -1.89. The van der Waals surface area contributed by atoms with Gasteiger partial charge in [-0.05, 0) is 13.0 Å². The van der Waals surface area contributed by atoms with Crippen LogP contribution in [0.25, 0.3) is 0 Å². The zero-order chi connectivity index (χ0) is 13.3. The Morgan fingerprint density at radius 2 is 2.22 bits per heavy atom. The Morgan fingerprint density at radius 1 is 1.56 bits per heavy atom. The molecule has 18 heavy (non-hydrogen) atoms. The Bertz CT molecular complexity index is 476. The number of ether oxygens (including phenoxy) is 1. The van der Waals surface area contributed by atoms with Crippen molar-refractivity contribution in [1.29, 1.82) is 0 Å². The van der Waals surface area contributed by atoms with Crippen molar-refractivity contribution >= 4 is 11.9 Å². The number of carbonyl (C=O) groups excluding carboxylic acids is 1. The molecule has 0 bridgehead atoms. The average molecular weight is 253 g/mol. The molecule has 1 saturated heterocycles. The summed E-state index contributed by atoms with van der Waals surface area (Å²) < 4.78 is 6.79. The van der Waals surface area contributed by atoms with Crippen molar-refractivity contribution in [3.63, 3.8) is 0 Å². The van der Waals surface area contributed by atoms with E-state index in [4.69, 9.17) is 9.84 Å². The summed E-state index contributed by atoms with van der Waals surface area (Å²) in [5, 5.41) is 12.6. The summed E-state index contributed by atoms with van der Waals surface area (Å²) >= 11 is 0. The molecule has 0 unspecified atom stereocenters. The molecule has 7 nitrogen and oxygen atoms in total. The molecule has 1 aromatic rings. The van der Waals surface area contributed by atoms with E-state index in [1.807, 2.05) is 0 Å². The molecule has 7 heteroatoms. The minimum Gasteiger partial charge on any atom is -0.480 e. The molecular weight excluding hydrogens is 238 g/mol. The maximum absolute atomic E-state index is 11.9. The molecule has 1 aliphatic rings. The van der Waals surface area contributed by atoms with E-state index in [1.165, 1.54) is 0 Å². The number of carbonyl (C=O) groups is 2. The summed E-state index contributed by atoms with van der Waals surface area (Å²) in [5.41, 5.74) is -0.180. The van der Waals surface area contributed by atoms with Gasteiger partial charge in [0.15, 0.2) is 0 Å². The third kappa shape index (κ3) is 2.51. The normalized spacial score (nSPS) is 17.3. The fraction of sp³-hybridized carbons (Fsp3) is 0.545. The highest BCUT2D eigenvalue weighted by atomic mass is 16.5. The molecule has 1 aliphatic heterocycles. The molecule has 98 valence electrons. The van der Waals surface area contributed by atoms with Gasteiger partial charge in [-0.2, -0.15) is 5.10 Å². The molecule has 0 atom stereocenters. The first-order valence-electron chi connectivity index (χ1n) is 5.54. The summed E-state index contributed by atoms with van der Waals surface area (Å²) in [6.07, 6.45) is 1.70. The topological polar surface area (TPSA) is 84.7 Å². The fourth-order valence-corrected chi connectivity index (χ4v) is 1.92. The molecule has 1 aromatic heterocycles. The Labute approximate surface area is 104 Å². The van der Waals surface area contributed by atoms with E-state index in [-0.39, 0.29) is 12.5 Å². The van der Waals surface area contributed by atoms with Gasteiger partial charge >= 0.3 is 5.97 Å². The van der Waals surface area contributed by atoms with Gasteiger partial charge < -0.3 is 14.7 Å². The number of hydrogen-bond acceptors (Lipinski definition) is 4. The van der Waals surface area contributed by atoms with Crippen molar-refractivity contribution in [2.24, 2.45) is 7.05 Å². The van der Waals surface area contributed by atoms with E-state index in [0.717, 1.165) is 0 Å². The lowest BCUT2D eigenvalue weighted by Crippen LogP contribution is -2.63. The molecule has 0 radical (unpaired) electrons. The van der Waals surface area contributed by atoms with Gasteiger partial charge in [-0.15, -0.1) is 0 Å². The van der Waals surface area contributed by atoms with Gasteiger partial charge in [0.25, 0.3) is 5.91 Å². The van der Waals surface area contributed by atoms with E-state index >= 15 is 0 Å². The van der Waals surface area contributed by atoms with Crippen LogP contribution in [-0.4, -0.2) is 57.0 Å². The first-order chi connectivity index (χ1) is 8.39. The number of carboxylic acids is 1. The maximum atomic E-state index is 11.9. The van der Waals surface area contributed by atoms with E-state index < -0.39 is 11.6 Å². The number of aryl methyl sites for hydroxylation is 1. The zero-order valence-electron chi connectivity index (χ0n) is 10.3. The molecule has 2 rings (SSSR count). The molecular formula is C11H15N3O4. The third-order valence-corrected chi connectivity index (χ3v) is 2.81. The SMILES string of the molecule is Cn1ccc(C(=O)N2CC(C)(OCC(=O)O)C2)n1. The summed E-state index contributed by atoms with van der Waals surface area (Å²) in [4.78, 5) is 23.9. The van der Waals surface area contributed by atoms with Crippen molar-refractivity contribution in [2.45, 2.75) is 12.5 Å². The van der Waals surface area contributed by atoms with Gasteiger partial charge in [0, 0.05) is 13.2 Å². The smallest absolute Gasteiger partial charge is 0.329 e. The van der Waals surface area contributed by atoms with Crippen LogP contribution < -0.4 is 0 Å². The van der Waals surface area contributed by atoms with Gasteiger partial charge in [-0.3, -0.25) is 9.48 Å². The van der Waals surface area contributed by atoms with Crippen LogP contribution in [0, 0.1) is 0 Å². The average Bonchev–Trinajstić information content (AvgIpc) is 2.68. The standard InChI is InChI=1S/C11H15N3O4/c1-11(18-5-9(15)16)6-14(7-11)10(17)8-3-4-13(2)12-8/h3-4H,5-7H2,1-2H3,(H,15,16). The second-order valence-electron chi connectivity index (χ2n) is 4.67. The molecule has 1 N–H and O–H groups in total. The van der Waals surface area contributed by atoms with Gasteiger partial charge in [0.2, 0.25) is 0 Å². The number of likely N-dealkylation sites (tertiary alicyclic amines) is 1. The second kappa shape index (κ2) is 4.41. The highest BCUT2D eigenvalue weighted by molar-refractivity contribution is 5.93. The van der Waals surface area contributed by atoms with Crippen molar-refractivity contribution < 1.29 is 19.4 Å². The van der Waals surface area contributed by atoms with Crippen molar-refractivity contribution in [1.82, 2.24) is 14.7 Å². The maximum Gasteiger partial charge on any atom is 0.329 e. The predicted molar refractivity (Wildman–Crippen MR) is 61.1 cm³/mol. The van der Waals surface area contributed by atoms with Gasteiger partial charge in [0.1, 0.15) is 17.9 Å². The van der Waals surface area contributed by atoms with Crippen LogP contribution >= 0.6 is 0 Å². The predicted octanol–water partition coefficient (Wildman–Crippen LogP) is -0.264. The summed E-state index contributed by atoms with van der Waals surface area (Å²) in [6.45, 7) is 2.21. The van der Waals surface area contributed by atoms with E-state index in [9.17, 15) is 9.59 Å². The van der Waals surface area contributed by atoms with Crippen LogP contribution in [0.5, 0.6) is 0 Å². The van der Waals surface area contributed by atoms with E-state index in [2.05, 4.69) is 5.10 Å². The Balaban J connectivity index is 1.88. The van der Waals surface area contributed by atoms with Gasteiger partial charge in [0.05, 0.1) is 13.1 Å². The lowest BCUT2D eigenvalue weighted by atomic mass is 9.96. The number of aliphatic carboxylic acids is 1. The van der Waals surface area contributed by atoms with E-state index in [0.29, 0.717) is 18.8 Å². The minimum atomic E-state index is -1.01. The molecule has 1 fully saturated rings. The largest absolute Gasteiger partial charge is 0.480 e.